The molecule has 3 aromatic rings. The topological polar surface area (TPSA) is 128 Å². The number of hydrogen-bond donors (Lipinski definition) is 2. The highest BCUT2D eigenvalue weighted by molar-refractivity contribution is 5.85. The van der Waals surface area contributed by atoms with E-state index in [1.807, 2.05) is 32.1 Å². The molecule has 0 aliphatic carbocycles. The first-order valence-corrected chi connectivity index (χ1v) is 11.7. The number of carboxylic acid groups (broad SMARTS) is 1. The largest absolute Gasteiger partial charge is 0.477 e. The van der Waals surface area contributed by atoms with Crippen LogP contribution in [0.5, 0.6) is 11.6 Å². The van der Waals surface area contributed by atoms with Gasteiger partial charge in [-0.3, -0.25) is 4.57 Å². The summed E-state index contributed by atoms with van der Waals surface area (Å²) >= 11 is 0. The van der Waals surface area contributed by atoms with Crippen LogP contribution in [0.1, 0.15) is 36.3 Å². The minimum Gasteiger partial charge on any atom is -0.477 e. The Balaban J connectivity index is 1.92. The summed E-state index contributed by atoms with van der Waals surface area (Å²) in [6, 6.07) is 9.60. The number of pyridine rings is 1. The summed E-state index contributed by atoms with van der Waals surface area (Å²) < 4.78 is 8.24. The van der Waals surface area contributed by atoms with E-state index in [2.05, 4.69) is 21.9 Å². The van der Waals surface area contributed by atoms with E-state index >= 15 is 0 Å². The first kappa shape index (κ1) is 26.9. The molecule has 2 aromatic heterocycles. The number of carboxylic acids is 1. The van der Waals surface area contributed by atoms with Crippen LogP contribution >= 0.6 is 0 Å². The molecule has 0 amide bonds. The van der Waals surface area contributed by atoms with Gasteiger partial charge in [0.15, 0.2) is 5.69 Å². The summed E-state index contributed by atoms with van der Waals surface area (Å²) in [5.41, 5.74) is 0.688. The van der Waals surface area contributed by atoms with E-state index in [-0.39, 0.29) is 30.6 Å². The molecule has 10 heteroatoms. The maximum absolute atomic E-state index is 13.2. The lowest BCUT2D eigenvalue weighted by Crippen LogP contribution is -2.42. The number of aryl methyl sites for hydroxylation is 1. The van der Waals surface area contributed by atoms with Gasteiger partial charge in [0.05, 0.1) is 6.54 Å². The highest BCUT2D eigenvalue weighted by Crippen LogP contribution is 2.27. The van der Waals surface area contributed by atoms with Crippen molar-refractivity contribution in [2.45, 2.75) is 40.3 Å². The third-order valence-electron chi connectivity index (χ3n) is 5.18. The predicted molar refractivity (Wildman–Crippen MR) is 142 cm³/mol. The minimum absolute atomic E-state index is 0.0897. The molecule has 0 spiro atoms. The molecule has 1 aromatic carbocycles. The maximum Gasteiger partial charge on any atom is 0.354 e. The van der Waals surface area contributed by atoms with Crippen LogP contribution in [0.3, 0.4) is 0 Å². The Hall–Kier alpha value is -4.73. The van der Waals surface area contributed by atoms with Crippen molar-refractivity contribution in [1.82, 2.24) is 19.1 Å². The molecule has 0 radical (unpaired) electrons. The molecular weight excluding hydrogens is 474 g/mol. The van der Waals surface area contributed by atoms with Crippen LogP contribution in [0.15, 0.2) is 82.4 Å². The van der Waals surface area contributed by atoms with Crippen LogP contribution in [0.4, 0.5) is 11.6 Å². The van der Waals surface area contributed by atoms with Gasteiger partial charge in [-0.2, -0.15) is 4.98 Å². The Morgan fingerprint density at radius 1 is 1.16 bits per heavy atom. The summed E-state index contributed by atoms with van der Waals surface area (Å²) in [5.74, 6) is -0.456. The number of benzene rings is 1. The van der Waals surface area contributed by atoms with Crippen molar-refractivity contribution in [2.75, 3.05) is 5.32 Å². The molecule has 192 valence electrons. The highest BCUT2D eigenvalue weighted by atomic mass is 16.5. The quantitative estimate of drug-likeness (QED) is 0.368. The molecular formula is C27H29N5O5. The van der Waals surface area contributed by atoms with Crippen molar-refractivity contribution in [1.29, 1.82) is 0 Å². The summed E-state index contributed by atoms with van der Waals surface area (Å²) in [5, 5.41) is 12.2. The second-order valence-corrected chi connectivity index (χ2v) is 8.16. The van der Waals surface area contributed by atoms with Gasteiger partial charge in [0.2, 0.25) is 11.8 Å². The molecule has 0 bridgehead atoms. The molecule has 0 atom stereocenters. The van der Waals surface area contributed by atoms with Crippen LogP contribution in [-0.4, -0.2) is 30.2 Å². The fraction of sp³-hybridized carbons (Fsp3) is 0.222. The van der Waals surface area contributed by atoms with Gasteiger partial charge >= 0.3 is 17.3 Å². The molecule has 3 rings (SSSR count). The minimum atomic E-state index is -1.15. The third kappa shape index (κ3) is 6.91. The zero-order chi connectivity index (χ0) is 26.9. The van der Waals surface area contributed by atoms with Crippen LogP contribution in [0.2, 0.25) is 0 Å². The predicted octanol–water partition coefficient (Wildman–Crippen LogP) is 4.44. The average molecular weight is 504 g/mol. The van der Waals surface area contributed by atoms with E-state index in [4.69, 9.17) is 9.84 Å². The van der Waals surface area contributed by atoms with Crippen LogP contribution in [0, 0.1) is 6.92 Å². The second-order valence-electron chi connectivity index (χ2n) is 8.16. The Bertz CT molecular complexity index is 1480. The SMILES string of the molecule is C=C(/C=C\C=C/C)Cn1c(Nc2ccc(Oc3cccc(C(=O)O)n3)c(C)c2)nc(=O)n(CCC)c1=O. The monoisotopic (exact) mass is 503 g/mol. The second kappa shape index (κ2) is 12.3. The van der Waals surface area contributed by atoms with Crippen LogP contribution in [0.25, 0.3) is 0 Å². The number of nitrogens with zero attached hydrogens (tertiary/aromatic N) is 4. The number of carbonyl (C=O) groups is 1. The van der Waals surface area contributed by atoms with Gasteiger partial charge < -0.3 is 15.2 Å². The Labute approximate surface area is 213 Å². The first-order chi connectivity index (χ1) is 17.7. The summed E-state index contributed by atoms with van der Waals surface area (Å²) in [7, 11) is 0. The number of rotatable bonds is 11. The number of aromatic nitrogens is 4. The smallest absolute Gasteiger partial charge is 0.354 e. The van der Waals surface area contributed by atoms with E-state index in [0.717, 1.165) is 4.57 Å². The number of ether oxygens (including phenoxy) is 1. The van der Waals surface area contributed by atoms with Crippen molar-refractivity contribution in [3.63, 3.8) is 0 Å². The van der Waals surface area contributed by atoms with Crippen molar-refractivity contribution in [2.24, 2.45) is 0 Å². The maximum atomic E-state index is 13.2. The fourth-order valence-corrected chi connectivity index (χ4v) is 3.42. The number of allylic oxidation sites excluding steroid dienone is 5. The van der Waals surface area contributed by atoms with Crippen molar-refractivity contribution in [3.05, 3.63) is 105 Å². The van der Waals surface area contributed by atoms with Gasteiger partial charge in [0.25, 0.3) is 0 Å². The molecule has 0 saturated heterocycles. The Morgan fingerprint density at radius 3 is 2.62 bits per heavy atom. The lowest BCUT2D eigenvalue weighted by molar-refractivity contribution is 0.0689. The van der Waals surface area contributed by atoms with E-state index in [0.29, 0.717) is 29.0 Å². The molecule has 0 aliphatic rings. The van der Waals surface area contributed by atoms with E-state index < -0.39 is 17.3 Å². The molecule has 2 N–H and O–H groups in total. The van der Waals surface area contributed by atoms with Gasteiger partial charge in [-0.1, -0.05) is 43.9 Å². The van der Waals surface area contributed by atoms with Gasteiger partial charge in [-0.25, -0.2) is 23.9 Å². The lowest BCUT2D eigenvalue weighted by Gasteiger charge is -2.16. The fourth-order valence-electron chi connectivity index (χ4n) is 3.42. The zero-order valence-electron chi connectivity index (χ0n) is 21.0. The van der Waals surface area contributed by atoms with Gasteiger partial charge in [0.1, 0.15) is 5.75 Å². The number of aromatic carboxylic acids is 1. The number of anilines is 2. The van der Waals surface area contributed by atoms with Gasteiger partial charge in [0, 0.05) is 18.3 Å². The van der Waals surface area contributed by atoms with Gasteiger partial charge in [-0.05, 0) is 55.7 Å². The van der Waals surface area contributed by atoms with Crippen molar-refractivity contribution >= 4 is 17.6 Å². The Morgan fingerprint density at radius 2 is 1.95 bits per heavy atom. The third-order valence-corrected chi connectivity index (χ3v) is 5.18. The van der Waals surface area contributed by atoms with Crippen molar-refractivity contribution in [3.8, 4) is 11.6 Å². The molecule has 0 saturated carbocycles. The normalized spacial score (nSPS) is 11.2. The molecule has 0 fully saturated rings. The molecule has 0 unspecified atom stereocenters. The summed E-state index contributed by atoms with van der Waals surface area (Å²) in [6.07, 6.45) is 7.94. The molecule has 10 nitrogen and oxygen atoms in total. The van der Waals surface area contributed by atoms with Crippen molar-refractivity contribution < 1.29 is 14.6 Å². The van der Waals surface area contributed by atoms with Crippen LogP contribution < -0.4 is 21.4 Å². The summed E-state index contributed by atoms with van der Waals surface area (Å²) in [6.45, 7) is 9.98. The number of hydrogen-bond acceptors (Lipinski definition) is 7. The highest BCUT2D eigenvalue weighted by Gasteiger charge is 2.15. The summed E-state index contributed by atoms with van der Waals surface area (Å²) in [4.78, 5) is 45.0. The molecule has 2 heterocycles. The number of nitrogens with one attached hydrogen (secondary N) is 1. The Kier molecular flexibility index (Phi) is 8.93. The zero-order valence-corrected chi connectivity index (χ0v) is 21.0. The van der Waals surface area contributed by atoms with Gasteiger partial charge in [-0.15, -0.1) is 0 Å². The van der Waals surface area contributed by atoms with E-state index in [9.17, 15) is 14.4 Å². The lowest BCUT2D eigenvalue weighted by atomic mass is 10.2. The standard InChI is InChI=1S/C27H29N5O5/c1-5-7-8-10-18(3)17-32-25(30-26(35)31(15-6-2)27(32)36)28-20-13-14-22(19(4)16-20)37-23-12-9-11-21(29-23)24(33)34/h5,7-14,16H,3,6,15,17H2,1-2,4H3,(H,33,34)(H,28,30,35)/b7-5-,10-8-. The molecule has 37 heavy (non-hydrogen) atoms. The average Bonchev–Trinajstić information content (AvgIpc) is 2.86. The first-order valence-electron chi connectivity index (χ1n) is 11.7. The van der Waals surface area contributed by atoms with E-state index in [1.165, 1.54) is 10.6 Å². The van der Waals surface area contributed by atoms with Crippen LogP contribution in [-0.2, 0) is 13.1 Å². The molecule has 0 aliphatic heterocycles. The van der Waals surface area contributed by atoms with E-state index in [1.54, 1.807) is 43.3 Å².